The summed E-state index contributed by atoms with van der Waals surface area (Å²) in [6.07, 6.45) is 0. The molecule has 0 aliphatic rings. The molecule has 3 aromatic rings. The molecule has 0 saturated carbocycles. The van der Waals surface area contributed by atoms with Crippen molar-refractivity contribution in [2.45, 2.75) is 18.7 Å². The number of benzene rings is 3. The standard InChI is InChI=1S/C22H19Cl3N2O3S/c1-14-6-9-17(12-15(14)2)27(31(29,30)18-10-7-16(23)8-11-18)13-21(28)26-22-19(24)4-3-5-20(22)25/h3-12H,13H2,1-2H3,(H,26,28). The number of nitrogens with zero attached hydrogens (tertiary/aromatic N) is 1. The van der Waals surface area contributed by atoms with Gasteiger partial charge in [0.05, 0.1) is 26.3 Å². The van der Waals surface area contributed by atoms with Crippen LogP contribution in [-0.4, -0.2) is 20.9 Å². The monoisotopic (exact) mass is 496 g/mol. The number of amides is 1. The van der Waals surface area contributed by atoms with Gasteiger partial charge < -0.3 is 5.32 Å². The van der Waals surface area contributed by atoms with Gasteiger partial charge >= 0.3 is 0 Å². The van der Waals surface area contributed by atoms with Gasteiger partial charge in [-0.05, 0) is 73.5 Å². The Morgan fingerprint density at radius 1 is 0.903 bits per heavy atom. The van der Waals surface area contributed by atoms with Crippen LogP contribution >= 0.6 is 34.8 Å². The smallest absolute Gasteiger partial charge is 0.264 e. The van der Waals surface area contributed by atoms with Gasteiger partial charge in [-0.2, -0.15) is 0 Å². The van der Waals surface area contributed by atoms with E-state index in [1.54, 1.807) is 36.4 Å². The van der Waals surface area contributed by atoms with Crippen molar-refractivity contribution in [3.8, 4) is 0 Å². The molecule has 0 spiro atoms. The number of hydrogen-bond donors (Lipinski definition) is 1. The molecule has 3 rings (SSSR count). The lowest BCUT2D eigenvalue weighted by molar-refractivity contribution is -0.114. The van der Waals surface area contributed by atoms with Crippen LogP contribution in [0.15, 0.2) is 65.6 Å². The third-order valence-corrected chi connectivity index (χ3v) is 7.36. The van der Waals surface area contributed by atoms with Crippen LogP contribution in [0.25, 0.3) is 0 Å². The summed E-state index contributed by atoms with van der Waals surface area (Å²) in [4.78, 5) is 12.8. The Morgan fingerprint density at radius 2 is 1.52 bits per heavy atom. The van der Waals surface area contributed by atoms with Crippen molar-refractivity contribution < 1.29 is 13.2 Å². The van der Waals surface area contributed by atoms with Gasteiger partial charge in [0.25, 0.3) is 10.0 Å². The molecule has 162 valence electrons. The van der Waals surface area contributed by atoms with Gasteiger partial charge in [0.1, 0.15) is 6.54 Å². The summed E-state index contributed by atoms with van der Waals surface area (Å²) in [6.45, 7) is 3.31. The van der Waals surface area contributed by atoms with Crippen LogP contribution in [0.2, 0.25) is 15.1 Å². The van der Waals surface area contributed by atoms with Crippen LogP contribution in [0.3, 0.4) is 0 Å². The summed E-state index contributed by atoms with van der Waals surface area (Å²) in [7, 11) is -4.06. The minimum Gasteiger partial charge on any atom is -0.322 e. The van der Waals surface area contributed by atoms with E-state index in [2.05, 4.69) is 5.32 Å². The van der Waals surface area contributed by atoms with Crippen LogP contribution in [0.4, 0.5) is 11.4 Å². The molecule has 0 unspecified atom stereocenters. The third-order valence-electron chi connectivity index (χ3n) is 4.69. The summed E-state index contributed by atoms with van der Waals surface area (Å²) >= 11 is 18.1. The fraction of sp³-hybridized carbons (Fsp3) is 0.136. The number of aryl methyl sites for hydroxylation is 2. The minimum atomic E-state index is -4.06. The number of para-hydroxylation sites is 1. The summed E-state index contributed by atoms with van der Waals surface area (Å²) < 4.78 is 27.9. The number of nitrogens with one attached hydrogen (secondary N) is 1. The number of hydrogen-bond acceptors (Lipinski definition) is 3. The molecular weight excluding hydrogens is 479 g/mol. The summed E-state index contributed by atoms with van der Waals surface area (Å²) in [5, 5.41) is 3.51. The lowest BCUT2D eigenvalue weighted by Gasteiger charge is -2.25. The van der Waals surface area contributed by atoms with Crippen molar-refractivity contribution in [2.24, 2.45) is 0 Å². The van der Waals surface area contributed by atoms with Crippen LogP contribution in [0.5, 0.6) is 0 Å². The molecule has 1 amide bonds. The van der Waals surface area contributed by atoms with Gasteiger partial charge in [-0.1, -0.05) is 46.9 Å². The zero-order valence-corrected chi connectivity index (χ0v) is 19.8. The van der Waals surface area contributed by atoms with Crippen molar-refractivity contribution in [2.75, 3.05) is 16.2 Å². The average molecular weight is 498 g/mol. The molecule has 0 bridgehead atoms. The molecule has 0 radical (unpaired) electrons. The van der Waals surface area contributed by atoms with E-state index in [9.17, 15) is 13.2 Å². The highest BCUT2D eigenvalue weighted by molar-refractivity contribution is 7.92. The maximum Gasteiger partial charge on any atom is 0.264 e. The first-order valence-corrected chi connectivity index (χ1v) is 11.8. The Balaban J connectivity index is 2.00. The highest BCUT2D eigenvalue weighted by Crippen LogP contribution is 2.31. The predicted octanol–water partition coefficient (Wildman–Crippen LogP) is 6.10. The summed E-state index contributed by atoms with van der Waals surface area (Å²) in [6, 6.07) is 15.7. The minimum absolute atomic E-state index is 0.0127. The number of sulfonamides is 1. The second-order valence-corrected chi connectivity index (χ2v) is 9.99. The first-order valence-electron chi connectivity index (χ1n) is 9.19. The lowest BCUT2D eigenvalue weighted by Crippen LogP contribution is -2.38. The second kappa shape index (κ2) is 9.49. The van der Waals surface area contributed by atoms with E-state index in [0.29, 0.717) is 10.7 Å². The van der Waals surface area contributed by atoms with Gasteiger partial charge in [-0.15, -0.1) is 0 Å². The fourth-order valence-electron chi connectivity index (χ4n) is 2.86. The highest BCUT2D eigenvalue weighted by Gasteiger charge is 2.28. The van der Waals surface area contributed by atoms with Gasteiger partial charge in [0, 0.05) is 5.02 Å². The van der Waals surface area contributed by atoms with E-state index < -0.39 is 22.5 Å². The molecule has 0 aromatic heterocycles. The fourth-order valence-corrected chi connectivity index (χ4v) is 4.89. The molecule has 9 heteroatoms. The van der Waals surface area contributed by atoms with Crippen molar-refractivity contribution in [3.05, 3.63) is 86.9 Å². The van der Waals surface area contributed by atoms with Gasteiger partial charge in [-0.3, -0.25) is 9.10 Å². The Bertz CT molecular complexity index is 1210. The van der Waals surface area contributed by atoms with Gasteiger partial charge in [0.15, 0.2) is 0 Å². The Morgan fingerprint density at radius 3 is 2.10 bits per heavy atom. The summed E-state index contributed by atoms with van der Waals surface area (Å²) in [5.41, 5.74) is 2.47. The molecule has 1 N–H and O–H groups in total. The Kier molecular flexibility index (Phi) is 7.17. The first kappa shape index (κ1) is 23.4. The normalized spacial score (nSPS) is 11.3. The quantitative estimate of drug-likeness (QED) is 0.447. The topological polar surface area (TPSA) is 66.5 Å². The largest absolute Gasteiger partial charge is 0.322 e. The number of halogens is 3. The van der Waals surface area contributed by atoms with Crippen LogP contribution in [0.1, 0.15) is 11.1 Å². The lowest BCUT2D eigenvalue weighted by atomic mass is 10.1. The number of carbonyl (C=O) groups excluding carboxylic acids is 1. The van der Waals surface area contributed by atoms with Crippen molar-refractivity contribution in [3.63, 3.8) is 0 Å². The molecule has 3 aromatic carbocycles. The van der Waals surface area contributed by atoms with E-state index in [1.807, 2.05) is 13.8 Å². The first-order chi connectivity index (χ1) is 14.6. The van der Waals surface area contributed by atoms with E-state index in [-0.39, 0.29) is 20.6 Å². The number of anilines is 2. The molecule has 5 nitrogen and oxygen atoms in total. The van der Waals surface area contributed by atoms with Crippen molar-refractivity contribution in [1.29, 1.82) is 0 Å². The maximum absolute atomic E-state index is 13.4. The zero-order chi connectivity index (χ0) is 22.8. The third kappa shape index (κ3) is 5.33. The van der Waals surface area contributed by atoms with Crippen LogP contribution < -0.4 is 9.62 Å². The van der Waals surface area contributed by atoms with Gasteiger partial charge in [-0.25, -0.2) is 8.42 Å². The van der Waals surface area contributed by atoms with Crippen LogP contribution in [0, 0.1) is 13.8 Å². The van der Waals surface area contributed by atoms with E-state index in [4.69, 9.17) is 34.8 Å². The summed E-state index contributed by atoms with van der Waals surface area (Å²) in [5.74, 6) is -0.592. The predicted molar refractivity (Wildman–Crippen MR) is 127 cm³/mol. The highest BCUT2D eigenvalue weighted by atomic mass is 35.5. The van der Waals surface area contributed by atoms with Crippen molar-refractivity contribution in [1.82, 2.24) is 0 Å². The molecule has 0 heterocycles. The van der Waals surface area contributed by atoms with E-state index >= 15 is 0 Å². The number of carbonyl (C=O) groups is 1. The molecule has 0 atom stereocenters. The molecular formula is C22H19Cl3N2O3S. The molecule has 31 heavy (non-hydrogen) atoms. The maximum atomic E-state index is 13.4. The molecule has 0 fully saturated rings. The Hall–Kier alpha value is -2.25. The SMILES string of the molecule is Cc1ccc(N(CC(=O)Nc2c(Cl)cccc2Cl)S(=O)(=O)c2ccc(Cl)cc2)cc1C. The average Bonchev–Trinajstić information content (AvgIpc) is 2.71. The second-order valence-electron chi connectivity index (χ2n) is 6.88. The number of rotatable bonds is 6. The van der Waals surface area contributed by atoms with E-state index in [0.717, 1.165) is 15.4 Å². The van der Waals surface area contributed by atoms with E-state index in [1.165, 1.54) is 24.3 Å². The molecule has 0 aliphatic heterocycles. The molecule has 0 aliphatic carbocycles. The zero-order valence-electron chi connectivity index (χ0n) is 16.7. The van der Waals surface area contributed by atoms with Crippen molar-refractivity contribution >= 4 is 62.1 Å². The molecule has 0 saturated heterocycles. The van der Waals surface area contributed by atoms with Gasteiger partial charge in [0.2, 0.25) is 5.91 Å². The van der Waals surface area contributed by atoms with Crippen LogP contribution in [-0.2, 0) is 14.8 Å². The Labute approximate surface area is 196 Å².